The number of benzene rings is 1. The van der Waals surface area contributed by atoms with Crippen LogP contribution < -0.4 is 10.3 Å². The normalized spacial score (nSPS) is 11.4. The first-order valence-electron chi connectivity index (χ1n) is 5.34. The molecule has 0 aliphatic rings. The Labute approximate surface area is 116 Å². The minimum Gasteiger partial charge on any atom is -0.497 e. The van der Waals surface area contributed by atoms with Crippen molar-refractivity contribution >= 4 is 11.6 Å². The number of aromatic nitrogens is 2. The maximum Gasteiger partial charge on any atom is 0.416 e. The molecule has 8 heteroatoms. The number of hydrogen-bond donors (Lipinski definition) is 0. The van der Waals surface area contributed by atoms with E-state index in [4.69, 9.17) is 16.3 Å². The predicted octanol–water partition coefficient (Wildman–Crippen LogP) is 2.91. The fourth-order valence-corrected chi connectivity index (χ4v) is 1.70. The predicted molar refractivity (Wildman–Crippen MR) is 66.4 cm³/mol. The fraction of sp³-hybridized carbons (Fsp3) is 0.167. The first kappa shape index (κ1) is 14.4. The lowest BCUT2D eigenvalue weighted by Gasteiger charge is -2.12. The van der Waals surface area contributed by atoms with E-state index >= 15 is 0 Å². The molecule has 0 amide bonds. The van der Waals surface area contributed by atoms with Crippen LogP contribution in [-0.2, 0) is 6.18 Å². The third kappa shape index (κ3) is 2.93. The van der Waals surface area contributed by atoms with Gasteiger partial charge in [0.2, 0.25) is 0 Å². The summed E-state index contributed by atoms with van der Waals surface area (Å²) in [6.07, 6.45) is -4.56. The van der Waals surface area contributed by atoms with Crippen molar-refractivity contribution in [3.05, 3.63) is 51.4 Å². The van der Waals surface area contributed by atoms with Crippen LogP contribution in [0.4, 0.5) is 13.2 Å². The largest absolute Gasteiger partial charge is 0.497 e. The third-order valence-electron chi connectivity index (χ3n) is 2.47. The Kier molecular flexibility index (Phi) is 3.71. The highest BCUT2D eigenvalue weighted by Crippen LogP contribution is 2.33. The molecule has 2 rings (SSSR count). The summed E-state index contributed by atoms with van der Waals surface area (Å²) in [4.78, 5) is 11.7. The highest BCUT2D eigenvalue weighted by molar-refractivity contribution is 6.29. The van der Waals surface area contributed by atoms with Gasteiger partial charge in [0, 0.05) is 12.1 Å². The standard InChI is InChI=1S/C12H8ClF3N2O2/c1-20-9-5-7(12(14,15)16)4-8(6-9)18-11(19)3-2-10(13)17-18/h2-6H,1H3. The van der Waals surface area contributed by atoms with Crippen LogP contribution in [0.25, 0.3) is 5.69 Å². The summed E-state index contributed by atoms with van der Waals surface area (Å²) in [6, 6.07) is 5.26. The molecule has 0 N–H and O–H groups in total. The Morgan fingerprint density at radius 2 is 1.95 bits per heavy atom. The molecule has 4 nitrogen and oxygen atoms in total. The van der Waals surface area contributed by atoms with Crippen molar-refractivity contribution in [2.24, 2.45) is 0 Å². The number of hydrogen-bond acceptors (Lipinski definition) is 3. The van der Waals surface area contributed by atoms with E-state index in [1.165, 1.54) is 19.2 Å². The van der Waals surface area contributed by atoms with Crippen molar-refractivity contribution in [1.82, 2.24) is 9.78 Å². The van der Waals surface area contributed by atoms with Crippen LogP contribution in [0.2, 0.25) is 5.15 Å². The fourth-order valence-electron chi connectivity index (χ4n) is 1.56. The zero-order valence-electron chi connectivity index (χ0n) is 10.1. The number of nitrogens with zero attached hydrogens (tertiary/aromatic N) is 2. The van der Waals surface area contributed by atoms with Crippen molar-refractivity contribution in [2.45, 2.75) is 6.18 Å². The molecule has 1 heterocycles. The molecule has 1 aromatic heterocycles. The molecule has 0 spiro atoms. The van der Waals surface area contributed by atoms with Crippen LogP contribution in [0, 0.1) is 0 Å². The molecule has 0 atom stereocenters. The van der Waals surface area contributed by atoms with Crippen LogP contribution in [0.15, 0.2) is 35.1 Å². The van der Waals surface area contributed by atoms with Gasteiger partial charge in [0.25, 0.3) is 5.56 Å². The highest BCUT2D eigenvalue weighted by atomic mass is 35.5. The molecule has 0 bridgehead atoms. The summed E-state index contributed by atoms with van der Waals surface area (Å²) in [6.45, 7) is 0. The minimum atomic E-state index is -4.56. The molecule has 0 saturated carbocycles. The lowest BCUT2D eigenvalue weighted by Crippen LogP contribution is -2.20. The van der Waals surface area contributed by atoms with Crippen molar-refractivity contribution in [1.29, 1.82) is 0 Å². The van der Waals surface area contributed by atoms with Crippen LogP contribution in [0.5, 0.6) is 5.75 Å². The van der Waals surface area contributed by atoms with E-state index in [1.54, 1.807) is 0 Å². The number of rotatable bonds is 2. The molecule has 0 aliphatic heterocycles. The molecular weight excluding hydrogens is 297 g/mol. The van der Waals surface area contributed by atoms with E-state index in [0.717, 1.165) is 22.9 Å². The smallest absolute Gasteiger partial charge is 0.416 e. The lowest BCUT2D eigenvalue weighted by atomic mass is 10.2. The van der Waals surface area contributed by atoms with Gasteiger partial charge in [0.05, 0.1) is 18.4 Å². The highest BCUT2D eigenvalue weighted by Gasteiger charge is 2.31. The number of methoxy groups -OCH3 is 1. The Hall–Kier alpha value is -2.02. The van der Waals surface area contributed by atoms with Gasteiger partial charge < -0.3 is 4.74 Å². The number of alkyl halides is 3. The van der Waals surface area contributed by atoms with E-state index in [9.17, 15) is 18.0 Å². The molecule has 0 saturated heterocycles. The van der Waals surface area contributed by atoms with Gasteiger partial charge in [-0.1, -0.05) is 11.6 Å². The second kappa shape index (κ2) is 5.16. The Balaban J connectivity index is 2.68. The lowest BCUT2D eigenvalue weighted by molar-refractivity contribution is -0.137. The Morgan fingerprint density at radius 1 is 1.25 bits per heavy atom. The van der Waals surface area contributed by atoms with Crippen LogP contribution in [0.3, 0.4) is 0 Å². The zero-order valence-corrected chi connectivity index (χ0v) is 10.9. The topological polar surface area (TPSA) is 44.1 Å². The first-order valence-corrected chi connectivity index (χ1v) is 5.71. The molecule has 2 aromatic rings. The van der Waals surface area contributed by atoms with Gasteiger partial charge >= 0.3 is 6.18 Å². The molecule has 0 fully saturated rings. The summed E-state index contributed by atoms with van der Waals surface area (Å²) < 4.78 is 44.0. The van der Waals surface area contributed by atoms with Gasteiger partial charge in [-0.05, 0) is 18.2 Å². The van der Waals surface area contributed by atoms with Crippen molar-refractivity contribution in [3.8, 4) is 11.4 Å². The van der Waals surface area contributed by atoms with Crippen molar-refractivity contribution < 1.29 is 17.9 Å². The molecule has 0 radical (unpaired) electrons. The average Bonchev–Trinajstić information content (AvgIpc) is 2.40. The molecular formula is C12H8ClF3N2O2. The molecule has 1 aromatic carbocycles. The second-order valence-corrected chi connectivity index (χ2v) is 4.21. The molecule has 20 heavy (non-hydrogen) atoms. The summed E-state index contributed by atoms with van der Waals surface area (Å²) in [5.41, 5.74) is -1.62. The molecule has 0 unspecified atom stereocenters. The minimum absolute atomic E-state index is 0.0130. The van der Waals surface area contributed by atoms with Gasteiger partial charge in [0.15, 0.2) is 0 Å². The van der Waals surface area contributed by atoms with Gasteiger partial charge in [-0.15, -0.1) is 0 Å². The number of halogens is 4. The van der Waals surface area contributed by atoms with Gasteiger partial charge in [-0.2, -0.15) is 23.0 Å². The van der Waals surface area contributed by atoms with Crippen LogP contribution in [-0.4, -0.2) is 16.9 Å². The SMILES string of the molecule is COc1cc(-n2nc(Cl)ccc2=O)cc(C(F)(F)F)c1. The van der Waals surface area contributed by atoms with E-state index in [0.29, 0.717) is 0 Å². The van der Waals surface area contributed by atoms with Gasteiger partial charge in [0.1, 0.15) is 10.9 Å². The first-order chi connectivity index (χ1) is 9.31. The maximum absolute atomic E-state index is 12.8. The Morgan fingerprint density at radius 3 is 2.55 bits per heavy atom. The summed E-state index contributed by atoms with van der Waals surface area (Å²) in [5.74, 6) is -0.0384. The average molecular weight is 305 g/mol. The summed E-state index contributed by atoms with van der Waals surface area (Å²) >= 11 is 5.65. The Bertz CT molecular complexity index is 698. The van der Waals surface area contributed by atoms with Crippen LogP contribution >= 0.6 is 11.6 Å². The summed E-state index contributed by atoms with van der Waals surface area (Å²) in [5, 5.41) is 3.68. The summed E-state index contributed by atoms with van der Waals surface area (Å²) in [7, 11) is 1.23. The van der Waals surface area contributed by atoms with Crippen molar-refractivity contribution in [3.63, 3.8) is 0 Å². The van der Waals surface area contributed by atoms with E-state index < -0.39 is 17.3 Å². The van der Waals surface area contributed by atoms with Gasteiger partial charge in [-0.3, -0.25) is 4.79 Å². The number of ether oxygens (including phenoxy) is 1. The molecule has 0 aliphatic carbocycles. The van der Waals surface area contributed by atoms with E-state index in [-0.39, 0.29) is 16.6 Å². The van der Waals surface area contributed by atoms with Gasteiger partial charge in [-0.25, -0.2) is 0 Å². The quantitative estimate of drug-likeness (QED) is 0.857. The molecule has 106 valence electrons. The third-order valence-corrected chi connectivity index (χ3v) is 2.67. The zero-order chi connectivity index (χ0) is 14.9. The monoisotopic (exact) mass is 304 g/mol. The van der Waals surface area contributed by atoms with Crippen molar-refractivity contribution in [2.75, 3.05) is 7.11 Å². The van der Waals surface area contributed by atoms with Crippen LogP contribution in [0.1, 0.15) is 5.56 Å². The van der Waals surface area contributed by atoms with E-state index in [1.807, 2.05) is 0 Å². The van der Waals surface area contributed by atoms with E-state index in [2.05, 4.69) is 5.10 Å². The maximum atomic E-state index is 12.8. The second-order valence-electron chi connectivity index (χ2n) is 3.82.